The summed E-state index contributed by atoms with van der Waals surface area (Å²) < 4.78 is 15.2. The molecule has 0 aliphatic carbocycles. The predicted octanol–water partition coefficient (Wildman–Crippen LogP) is 1.34. The van der Waals surface area contributed by atoms with E-state index in [1.165, 1.54) is 10.9 Å². The fourth-order valence-electron chi connectivity index (χ4n) is 1.59. The molecule has 0 amide bonds. The fraction of sp³-hybridized carbons (Fsp3) is 0.273. The van der Waals surface area contributed by atoms with Crippen LogP contribution in [0.25, 0.3) is 0 Å². The van der Waals surface area contributed by atoms with Gasteiger partial charge >= 0.3 is 0 Å². The van der Waals surface area contributed by atoms with Gasteiger partial charge in [-0.05, 0) is 12.5 Å². The average Bonchev–Trinajstić information content (AvgIpc) is 2.68. The van der Waals surface area contributed by atoms with Crippen LogP contribution in [0.4, 0.5) is 4.39 Å². The quantitative estimate of drug-likeness (QED) is 0.832. The molecule has 16 heavy (non-hydrogen) atoms. The lowest BCUT2D eigenvalue weighted by atomic mass is 10.0. The molecule has 0 aliphatic heterocycles. The van der Waals surface area contributed by atoms with E-state index >= 15 is 0 Å². The van der Waals surface area contributed by atoms with Crippen LogP contribution in [-0.2, 0) is 7.05 Å². The van der Waals surface area contributed by atoms with Gasteiger partial charge < -0.3 is 5.11 Å². The molecule has 1 unspecified atom stereocenters. The van der Waals surface area contributed by atoms with Gasteiger partial charge in [-0.3, -0.25) is 0 Å². The summed E-state index contributed by atoms with van der Waals surface area (Å²) in [5, 5.41) is 17.4. The number of aromatic nitrogens is 3. The molecule has 5 heteroatoms. The number of hydrogen-bond donors (Lipinski definition) is 1. The number of halogens is 1. The molecule has 0 saturated carbocycles. The highest BCUT2D eigenvalue weighted by Gasteiger charge is 2.19. The van der Waals surface area contributed by atoms with Crippen molar-refractivity contribution in [2.24, 2.45) is 7.05 Å². The van der Waals surface area contributed by atoms with Crippen molar-refractivity contribution >= 4 is 0 Å². The fourth-order valence-corrected chi connectivity index (χ4v) is 1.59. The zero-order chi connectivity index (χ0) is 11.7. The zero-order valence-corrected chi connectivity index (χ0v) is 9.05. The van der Waals surface area contributed by atoms with Crippen LogP contribution in [0.1, 0.15) is 22.9 Å². The van der Waals surface area contributed by atoms with Crippen molar-refractivity contribution in [3.05, 3.63) is 47.0 Å². The number of benzene rings is 1. The van der Waals surface area contributed by atoms with Crippen LogP contribution in [0, 0.1) is 12.7 Å². The van der Waals surface area contributed by atoms with Gasteiger partial charge in [0, 0.05) is 12.6 Å². The van der Waals surface area contributed by atoms with E-state index in [1.54, 1.807) is 32.2 Å². The number of aliphatic hydroxyl groups is 1. The first-order chi connectivity index (χ1) is 7.61. The van der Waals surface area contributed by atoms with Crippen LogP contribution >= 0.6 is 0 Å². The number of hydrogen-bond acceptors (Lipinski definition) is 3. The Morgan fingerprint density at radius 3 is 2.81 bits per heavy atom. The highest BCUT2D eigenvalue weighted by molar-refractivity contribution is 5.30. The Balaban J connectivity index is 2.46. The minimum Gasteiger partial charge on any atom is -0.382 e. The number of nitrogens with zero attached hydrogens (tertiary/aromatic N) is 3. The summed E-state index contributed by atoms with van der Waals surface area (Å²) in [5.74, 6) is -0.392. The summed E-state index contributed by atoms with van der Waals surface area (Å²) in [5.41, 5.74) is 1.21. The molecule has 0 bridgehead atoms. The molecule has 84 valence electrons. The molecular weight excluding hydrogens is 209 g/mol. The smallest absolute Gasteiger partial charge is 0.132 e. The zero-order valence-electron chi connectivity index (χ0n) is 9.05. The minimum atomic E-state index is -1.04. The van der Waals surface area contributed by atoms with E-state index < -0.39 is 11.9 Å². The highest BCUT2D eigenvalue weighted by Crippen LogP contribution is 2.24. The van der Waals surface area contributed by atoms with Crippen molar-refractivity contribution in [3.63, 3.8) is 0 Å². The predicted molar refractivity (Wildman–Crippen MR) is 56.2 cm³/mol. The molecule has 1 N–H and O–H groups in total. The summed E-state index contributed by atoms with van der Waals surface area (Å²) in [4.78, 5) is 0. The molecule has 0 aliphatic rings. The summed E-state index contributed by atoms with van der Waals surface area (Å²) in [7, 11) is 1.65. The molecular formula is C11H12FN3O. The van der Waals surface area contributed by atoms with E-state index in [4.69, 9.17) is 0 Å². The molecule has 1 heterocycles. The minimum absolute atomic E-state index is 0.241. The molecule has 2 rings (SSSR count). The second-order valence-electron chi connectivity index (χ2n) is 3.66. The summed E-state index contributed by atoms with van der Waals surface area (Å²) in [6.07, 6.45) is 0.381. The van der Waals surface area contributed by atoms with Gasteiger partial charge in [0.2, 0.25) is 0 Å². The van der Waals surface area contributed by atoms with Crippen molar-refractivity contribution in [2.45, 2.75) is 13.0 Å². The van der Waals surface area contributed by atoms with Crippen LogP contribution in [-0.4, -0.2) is 20.1 Å². The molecule has 0 saturated heterocycles. The Morgan fingerprint density at radius 2 is 2.19 bits per heavy atom. The highest BCUT2D eigenvalue weighted by atomic mass is 19.1. The summed E-state index contributed by atoms with van der Waals surface area (Å²) >= 11 is 0. The lowest BCUT2D eigenvalue weighted by Gasteiger charge is -2.12. The Kier molecular flexibility index (Phi) is 2.70. The molecule has 0 radical (unpaired) electrons. The molecule has 0 fully saturated rings. The maximum absolute atomic E-state index is 13.8. The summed E-state index contributed by atoms with van der Waals surface area (Å²) in [6, 6.07) is 4.92. The van der Waals surface area contributed by atoms with Crippen molar-refractivity contribution in [3.8, 4) is 0 Å². The molecule has 1 aromatic carbocycles. The van der Waals surface area contributed by atoms with Gasteiger partial charge in [0.15, 0.2) is 0 Å². The van der Waals surface area contributed by atoms with E-state index in [2.05, 4.69) is 10.3 Å². The topological polar surface area (TPSA) is 50.9 Å². The first-order valence-corrected chi connectivity index (χ1v) is 4.89. The third kappa shape index (κ3) is 1.69. The first-order valence-electron chi connectivity index (χ1n) is 4.89. The average molecular weight is 221 g/mol. The number of aryl methyl sites for hydroxylation is 2. The maximum Gasteiger partial charge on any atom is 0.132 e. The standard InChI is InChI=1S/C11H12FN3O/c1-7-4-3-5-8(10(7)12)11(16)9-6-13-14-15(9)2/h3-6,11,16H,1-2H3. The lowest BCUT2D eigenvalue weighted by Crippen LogP contribution is -2.08. The van der Waals surface area contributed by atoms with E-state index in [0.29, 0.717) is 11.3 Å². The Hall–Kier alpha value is -1.75. The number of rotatable bonds is 2. The van der Waals surface area contributed by atoms with Crippen LogP contribution in [0.5, 0.6) is 0 Å². The number of aliphatic hydroxyl groups excluding tert-OH is 1. The first kappa shape index (κ1) is 10.8. The second-order valence-corrected chi connectivity index (χ2v) is 3.66. The molecule has 1 aromatic heterocycles. The molecule has 2 aromatic rings. The second kappa shape index (κ2) is 4.02. The lowest BCUT2D eigenvalue weighted by molar-refractivity contribution is 0.204. The van der Waals surface area contributed by atoms with Gasteiger partial charge in [0.05, 0.1) is 11.9 Å². The normalized spacial score (nSPS) is 12.8. The van der Waals surface area contributed by atoms with Crippen molar-refractivity contribution < 1.29 is 9.50 Å². The Labute approximate surface area is 92.3 Å². The summed E-state index contributed by atoms with van der Waals surface area (Å²) in [6.45, 7) is 1.66. The van der Waals surface area contributed by atoms with Gasteiger partial charge in [-0.1, -0.05) is 23.4 Å². The molecule has 1 atom stereocenters. The van der Waals surface area contributed by atoms with Gasteiger partial charge in [-0.25, -0.2) is 9.07 Å². The van der Waals surface area contributed by atoms with Crippen LogP contribution in [0.15, 0.2) is 24.4 Å². The van der Waals surface area contributed by atoms with Gasteiger partial charge in [-0.15, -0.1) is 5.10 Å². The maximum atomic E-state index is 13.8. The van der Waals surface area contributed by atoms with E-state index in [-0.39, 0.29) is 5.56 Å². The van der Waals surface area contributed by atoms with Crippen molar-refractivity contribution in [1.29, 1.82) is 0 Å². The van der Waals surface area contributed by atoms with Gasteiger partial charge in [0.25, 0.3) is 0 Å². The monoisotopic (exact) mass is 221 g/mol. The van der Waals surface area contributed by atoms with E-state index in [9.17, 15) is 9.50 Å². The Morgan fingerprint density at radius 1 is 1.44 bits per heavy atom. The van der Waals surface area contributed by atoms with E-state index in [1.807, 2.05) is 0 Å². The van der Waals surface area contributed by atoms with Crippen LogP contribution in [0.3, 0.4) is 0 Å². The van der Waals surface area contributed by atoms with Gasteiger partial charge in [0.1, 0.15) is 11.9 Å². The Bertz CT molecular complexity index is 510. The largest absolute Gasteiger partial charge is 0.382 e. The third-order valence-electron chi connectivity index (χ3n) is 2.55. The van der Waals surface area contributed by atoms with E-state index in [0.717, 1.165) is 0 Å². The molecule has 0 spiro atoms. The van der Waals surface area contributed by atoms with Gasteiger partial charge in [-0.2, -0.15) is 0 Å². The SMILES string of the molecule is Cc1cccc(C(O)c2cnnn2C)c1F. The molecule has 4 nitrogen and oxygen atoms in total. The van der Waals surface area contributed by atoms with Crippen molar-refractivity contribution in [2.75, 3.05) is 0 Å². The van der Waals surface area contributed by atoms with Crippen LogP contribution < -0.4 is 0 Å². The third-order valence-corrected chi connectivity index (χ3v) is 2.55. The van der Waals surface area contributed by atoms with Crippen LogP contribution in [0.2, 0.25) is 0 Å². The van der Waals surface area contributed by atoms with Crippen molar-refractivity contribution in [1.82, 2.24) is 15.0 Å².